The summed E-state index contributed by atoms with van der Waals surface area (Å²) in [6.07, 6.45) is 0.901. The molecule has 0 saturated carbocycles. The zero-order valence-electron chi connectivity index (χ0n) is 12.4. The van der Waals surface area contributed by atoms with Crippen LogP contribution in [-0.4, -0.2) is 17.6 Å². The smallest absolute Gasteiger partial charge is 0.310 e. The summed E-state index contributed by atoms with van der Waals surface area (Å²) in [7, 11) is 0. The first-order valence-corrected chi connectivity index (χ1v) is 6.91. The molecule has 0 bridgehead atoms. The lowest BCUT2D eigenvalue weighted by Crippen LogP contribution is -2.06. The number of fused-ring (bicyclic) bond motifs is 1. The number of allylic oxidation sites excluding steroid dienone is 1. The number of hydrogen-bond donors (Lipinski definition) is 0. The lowest BCUT2D eigenvalue weighted by molar-refractivity contribution is -0.139. The third-order valence-corrected chi connectivity index (χ3v) is 2.89. The van der Waals surface area contributed by atoms with Gasteiger partial charge in [-0.25, -0.2) is 4.98 Å². The lowest BCUT2D eigenvalue weighted by Gasteiger charge is -2.09. The van der Waals surface area contributed by atoms with Gasteiger partial charge >= 0.3 is 5.97 Å². The van der Waals surface area contributed by atoms with E-state index >= 15 is 0 Å². The number of para-hydroxylation sites is 1. The minimum atomic E-state index is -0.280. The van der Waals surface area contributed by atoms with Crippen molar-refractivity contribution in [2.24, 2.45) is 0 Å². The van der Waals surface area contributed by atoms with Crippen LogP contribution in [0.5, 0.6) is 5.75 Å². The van der Waals surface area contributed by atoms with Gasteiger partial charge in [0.05, 0.1) is 12.4 Å². The Balaban J connectivity index is 1.93. The van der Waals surface area contributed by atoms with Crippen molar-refractivity contribution in [3.05, 3.63) is 48.4 Å². The molecule has 0 aliphatic rings. The number of nitrogens with zero attached hydrogens (tertiary/aromatic N) is 1. The van der Waals surface area contributed by atoms with Gasteiger partial charge in [-0.15, -0.1) is 0 Å². The fourth-order valence-corrected chi connectivity index (χ4v) is 1.98. The molecule has 1 aromatic carbocycles. The molecule has 21 heavy (non-hydrogen) atoms. The van der Waals surface area contributed by atoms with E-state index in [1.54, 1.807) is 6.92 Å². The fraction of sp³-hybridized carbons (Fsp3) is 0.294. The molecule has 1 heterocycles. The highest BCUT2D eigenvalue weighted by atomic mass is 16.5. The summed E-state index contributed by atoms with van der Waals surface area (Å²) in [6, 6.07) is 9.82. The molecular formula is C17H19NO3. The largest absolute Gasteiger partial charge is 0.491 e. The Labute approximate surface area is 124 Å². The van der Waals surface area contributed by atoms with Gasteiger partial charge in [-0.2, -0.15) is 0 Å². The maximum atomic E-state index is 11.4. The molecule has 1 aromatic heterocycles. The quantitative estimate of drug-likeness (QED) is 0.460. The van der Waals surface area contributed by atoms with E-state index in [0.717, 1.165) is 22.3 Å². The van der Waals surface area contributed by atoms with Gasteiger partial charge in [0.2, 0.25) is 0 Å². The number of benzene rings is 1. The minimum absolute atomic E-state index is 0.280. The molecule has 2 aromatic rings. The van der Waals surface area contributed by atoms with E-state index in [1.807, 2.05) is 37.3 Å². The van der Waals surface area contributed by atoms with Crippen LogP contribution in [0.1, 0.15) is 25.5 Å². The van der Waals surface area contributed by atoms with Gasteiger partial charge in [-0.1, -0.05) is 24.8 Å². The number of aromatic nitrogens is 1. The Bertz CT molecular complexity index is 664. The van der Waals surface area contributed by atoms with Crippen molar-refractivity contribution in [2.75, 3.05) is 6.61 Å². The zero-order chi connectivity index (χ0) is 15.2. The van der Waals surface area contributed by atoms with E-state index in [2.05, 4.69) is 11.6 Å². The second-order valence-corrected chi connectivity index (χ2v) is 4.91. The Morgan fingerprint density at radius 3 is 2.86 bits per heavy atom. The number of esters is 1. The number of aryl methyl sites for hydroxylation is 1. The third-order valence-electron chi connectivity index (χ3n) is 2.89. The molecule has 0 amide bonds. The monoisotopic (exact) mass is 285 g/mol. The van der Waals surface area contributed by atoms with E-state index in [-0.39, 0.29) is 5.97 Å². The second kappa shape index (κ2) is 6.88. The maximum Gasteiger partial charge on any atom is 0.310 e. The molecule has 0 aliphatic heterocycles. The highest BCUT2D eigenvalue weighted by Crippen LogP contribution is 2.24. The topological polar surface area (TPSA) is 48.4 Å². The molecule has 4 heteroatoms. The number of pyridine rings is 1. The van der Waals surface area contributed by atoms with Crippen LogP contribution < -0.4 is 4.74 Å². The van der Waals surface area contributed by atoms with Crippen LogP contribution in [0.3, 0.4) is 0 Å². The molecule has 0 fully saturated rings. The van der Waals surface area contributed by atoms with E-state index in [9.17, 15) is 4.79 Å². The first-order valence-electron chi connectivity index (χ1n) is 6.91. The van der Waals surface area contributed by atoms with Crippen molar-refractivity contribution >= 4 is 16.9 Å². The normalized spacial score (nSPS) is 10.4. The summed E-state index contributed by atoms with van der Waals surface area (Å²) < 4.78 is 10.6. The summed E-state index contributed by atoms with van der Waals surface area (Å²) >= 11 is 0. The summed E-state index contributed by atoms with van der Waals surface area (Å²) in [5, 5.41) is 1.04. The van der Waals surface area contributed by atoms with Gasteiger partial charge in [0.15, 0.2) is 0 Å². The lowest BCUT2D eigenvalue weighted by atomic mass is 10.2. The number of ether oxygens (including phenoxy) is 2. The van der Waals surface area contributed by atoms with Gasteiger partial charge in [-0.3, -0.25) is 4.79 Å². The molecule has 0 unspecified atom stereocenters. The van der Waals surface area contributed by atoms with Gasteiger partial charge in [0, 0.05) is 17.5 Å². The molecular weight excluding hydrogens is 266 g/mol. The summed E-state index contributed by atoms with van der Waals surface area (Å²) in [5.74, 6) is 0.872. The molecule has 0 spiro atoms. The summed E-state index contributed by atoms with van der Waals surface area (Å²) in [4.78, 5) is 15.9. The molecule has 0 N–H and O–H groups in total. The van der Waals surface area contributed by atoms with E-state index in [4.69, 9.17) is 9.47 Å². The molecule has 4 nitrogen and oxygen atoms in total. The van der Waals surface area contributed by atoms with Crippen molar-refractivity contribution in [2.45, 2.75) is 26.7 Å². The van der Waals surface area contributed by atoms with Gasteiger partial charge < -0.3 is 9.47 Å². The number of carbonyl (C=O) groups is 1. The van der Waals surface area contributed by atoms with Crippen LogP contribution in [0.25, 0.3) is 10.9 Å². The van der Waals surface area contributed by atoms with Crippen molar-refractivity contribution in [1.82, 2.24) is 4.98 Å². The van der Waals surface area contributed by atoms with E-state index in [1.165, 1.54) is 0 Å². The first-order chi connectivity index (χ1) is 10.1. The molecule has 0 atom stereocenters. The average Bonchev–Trinajstić information content (AvgIpc) is 2.43. The molecule has 2 rings (SSSR count). The van der Waals surface area contributed by atoms with E-state index in [0.29, 0.717) is 25.2 Å². The van der Waals surface area contributed by atoms with Crippen molar-refractivity contribution in [3.8, 4) is 5.75 Å². The number of carbonyl (C=O) groups excluding carboxylic acids is 1. The van der Waals surface area contributed by atoms with Crippen LogP contribution in [0.4, 0.5) is 0 Å². The van der Waals surface area contributed by atoms with E-state index < -0.39 is 0 Å². The molecule has 110 valence electrons. The highest BCUT2D eigenvalue weighted by molar-refractivity contribution is 5.84. The average molecular weight is 285 g/mol. The Morgan fingerprint density at radius 1 is 1.29 bits per heavy atom. The Kier molecular flexibility index (Phi) is 4.93. The predicted octanol–water partition coefficient (Wildman–Crippen LogP) is 3.78. The SMILES string of the molecule is C=C(C)OC(=O)CCCOc1cccc2ccc(C)nc12. The van der Waals surface area contributed by atoms with Gasteiger partial charge in [0.25, 0.3) is 0 Å². The van der Waals surface area contributed by atoms with Crippen LogP contribution in [0, 0.1) is 6.92 Å². The summed E-state index contributed by atoms with van der Waals surface area (Å²) in [6.45, 7) is 7.57. The second-order valence-electron chi connectivity index (χ2n) is 4.91. The standard InChI is InChI=1S/C17H19NO3/c1-12(2)21-16(19)8-5-11-20-15-7-4-6-14-10-9-13(3)18-17(14)15/h4,6-7,9-10H,1,5,8,11H2,2-3H3. The van der Waals surface area contributed by atoms with Crippen LogP contribution >= 0.6 is 0 Å². The maximum absolute atomic E-state index is 11.4. The van der Waals surface area contributed by atoms with Crippen LogP contribution in [0.2, 0.25) is 0 Å². The number of hydrogen-bond acceptors (Lipinski definition) is 4. The zero-order valence-corrected chi connectivity index (χ0v) is 12.4. The Hall–Kier alpha value is -2.36. The van der Waals surface area contributed by atoms with Crippen molar-refractivity contribution in [1.29, 1.82) is 0 Å². The minimum Gasteiger partial charge on any atom is -0.491 e. The third kappa shape index (κ3) is 4.31. The Morgan fingerprint density at radius 2 is 2.10 bits per heavy atom. The van der Waals surface area contributed by atoms with Crippen molar-refractivity contribution in [3.63, 3.8) is 0 Å². The van der Waals surface area contributed by atoms with Crippen molar-refractivity contribution < 1.29 is 14.3 Å². The number of rotatable bonds is 6. The molecule has 0 radical (unpaired) electrons. The highest BCUT2D eigenvalue weighted by Gasteiger charge is 2.06. The molecule has 0 saturated heterocycles. The van der Waals surface area contributed by atoms with Gasteiger partial charge in [-0.05, 0) is 32.4 Å². The first kappa shape index (κ1) is 15.0. The summed E-state index contributed by atoms with van der Waals surface area (Å²) in [5.41, 5.74) is 1.80. The molecule has 0 aliphatic carbocycles. The van der Waals surface area contributed by atoms with Gasteiger partial charge in [0.1, 0.15) is 11.3 Å². The van der Waals surface area contributed by atoms with Crippen LogP contribution in [0.15, 0.2) is 42.7 Å². The fourth-order valence-electron chi connectivity index (χ4n) is 1.98. The predicted molar refractivity (Wildman–Crippen MR) is 82.1 cm³/mol. The van der Waals surface area contributed by atoms with Crippen LogP contribution in [-0.2, 0) is 9.53 Å².